The van der Waals surface area contributed by atoms with Gasteiger partial charge in [0.1, 0.15) is 23.9 Å². The van der Waals surface area contributed by atoms with Crippen molar-refractivity contribution in [2.45, 2.75) is 32.2 Å². The smallest absolute Gasteiger partial charge is 0.194 e. The molecule has 0 amide bonds. The number of nitrogens with zero attached hydrogens (tertiary/aromatic N) is 5. The Labute approximate surface area is 207 Å². The Morgan fingerprint density at radius 1 is 1.16 bits per heavy atom. The maximum Gasteiger partial charge on any atom is 0.194 e. The second-order valence-corrected chi connectivity index (χ2v) is 7.71. The van der Waals surface area contributed by atoms with Crippen molar-refractivity contribution < 1.29 is 14.2 Å². The number of aryl methyl sites for hydroxylation is 1. The fraction of sp³-hybridized carbons (Fsp3) is 0.591. The van der Waals surface area contributed by atoms with Gasteiger partial charge < -0.3 is 29.0 Å². The van der Waals surface area contributed by atoms with Crippen LogP contribution < -0.4 is 14.8 Å². The molecule has 9 nitrogen and oxygen atoms in total. The maximum absolute atomic E-state index is 5.45. The SMILES string of the molecule is COCCCNC(=NCc1nnc(C)n1C)N1CCC(c2cc(OC)cc(OC)c2)C1.I. The van der Waals surface area contributed by atoms with Crippen LogP contribution in [0, 0.1) is 6.92 Å². The molecule has 1 N–H and O–H groups in total. The minimum atomic E-state index is 0. The van der Waals surface area contributed by atoms with Crippen molar-refractivity contribution in [2.75, 3.05) is 47.6 Å². The number of benzene rings is 1. The van der Waals surface area contributed by atoms with E-state index in [1.165, 1.54) is 5.56 Å². The van der Waals surface area contributed by atoms with Gasteiger partial charge >= 0.3 is 0 Å². The van der Waals surface area contributed by atoms with E-state index >= 15 is 0 Å². The van der Waals surface area contributed by atoms with Gasteiger partial charge in [-0.05, 0) is 37.5 Å². The lowest BCUT2D eigenvalue weighted by molar-refractivity contribution is 0.195. The van der Waals surface area contributed by atoms with E-state index in [0.717, 1.165) is 68.2 Å². The van der Waals surface area contributed by atoms with E-state index in [2.05, 4.69) is 32.5 Å². The van der Waals surface area contributed by atoms with Gasteiger partial charge in [-0.15, -0.1) is 34.2 Å². The van der Waals surface area contributed by atoms with Crippen molar-refractivity contribution in [3.63, 3.8) is 0 Å². The number of aliphatic imine (C=N–C) groups is 1. The average molecular weight is 558 g/mol. The molecule has 2 heterocycles. The number of hydrogen-bond acceptors (Lipinski definition) is 6. The van der Waals surface area contributed by atoms with Crippen LogP contribution in [0.3, 0.4) is 0 Å². The molecular formula is C22H35IN6O3. The summed E-state index contributed by atoms with van der Waals surface area (Å²) in [5.41, 5.74) is 1.22. The fourth-order valence-corrected chi connectivity index (χ4v) is 3.71. The highest BCUT2D eigenvalue weighted by atomic mass is 127. The standard InChI is InChI=1S/C22H34N6O3.HI/c1-16-25-26-21(27(16)2)14-24-22(23-8-6-10-29-3)28-9-7-17(15-28)18-11-19(30-4)13-20(12-18)31-5;/h11-13,17H,6-10,14-15H2,1-5H3,(H,23,24);1H. The normalized spacial score (nSPS) is 16.1. The van der Waals surface area contributed by atoms with Gasteiger partial charge in [0, 0.05) is 52.4 Å². The van der Waals surface area contributed by atoms with E-state index in [9.17, 15) is 0 Å². The summed E-state index contributed by atoms with van der Waals surface area (Å²) in [6.45, 7) is 5.76. The number of ether oxygens (including phenoxy) is 3. The predicted octanol–water partition coefficient (Wildman–Crippen LogP) is 2.73. The maximum atomic E-state index is 5.45. The molecule has 2 aromatic rings. The van der Waals surface area contributed by atoms with Crippen LogP contribution >= 0.6 is 24.0 Å². The van der Waals surface area contributed by atoms with Crippen LogP contribution in [0.25, 0.3) is 0 Å². The zero-order chi connectivity index (χ0) is 22.2. The third kappa shape index (κ3) is 6.71. The van der Waals surface area contributed by atoms with Crippen molar-refractivity contribution in [3.8, 4) is 11.5 Å². The second-order valence-electron chi connectivity index (χ2n) is 7.71. The third-order valence-electron chi connectivity index (χ3n) is 5.69. The summed E-state index contributed by atoms with van der Waals surface area (Å²) in [6, 6.07) is 6.10. The number of hydrogen-bond donors (Lipinski definition) is 1. The van der Waals surface area contributed by atoms with E-state index in [4.69, 9.17) is 19.2 Å². The first kappa shape index (κ1) is 26.2. The molecule has 10 heteroatoms. The molecule has 0 radical (unpaired) electrons. The van der Waals surface area contributed by atoms with E-state index in [1.807, 2.05) is 24.6 Å². The van der Waals surface area contributed by atoms with Gasteiger partial charge in [0.25, 0.3) is 0 Å². The largest absolute Gasteiger partial charge is 0.497 e. The number of guanidine groups is 1. The van der Waals surface area contributed by atoms with E-state index in [1.54, 1.807) is 21.3 Å². The Morgan fingerprint density at radius 2 is 1.88 bits per heavy atom. The molecule has 1 fully saturated rings. The molecule has 1 aromatic carbocycles. The van der Waals surface area contributed by atoms with Crippen LogP contribution in [0.15, 0.2) is 23.2 Å². The van der Waals surface area contributed by atoms with Crippen LogP contribution in [0.5, 0.6) is 11.5 Å². The summed E-state index contributed by atoms with van der Waals surface area (Å²) in [5.74, 6) is 4.64. The predicted molar refractivity (Wildman–Crippen MR) is 135 cm³/mol. The van der Waals surface area contributed by atoms with Gasteiger partial charge in [-0.1, -0.05) is 0 Å². The number of methoxy groups -OCH3 is 3. The molecule has 32 heavy (non-hydrogen) atoms. The van der Waals surface area contributed by atoms with Crippen LogP contribution in [-0.2, 0) is 18.3 Å². The molecule has 0 bridgehead atoms. The highest BCUT2D eigenvalue weighted by molar-refractivity contribution is 14.0. The number of halogens is 1. The molecule has 1 unspecified atom stereocenters. The molecule has 0 aliphatic carbocycles. The van der Waals surface area contributed by atoms with Gasteiger partial charge in [-0.3, -0.25) is 0 Å². The van der Waals surface area contributed by atoms with E-state index in [-0.39, 0.29) is 24.0 Å². The first-order chi connectivity index (χ1) is 15.0. The monoisotopic (exact) mass is 558 g/mol. The highest BCUT2D eigenvalue weighted by Gasteiger charge is 2.27. The fourth-order valence-electron chi connectivity index (χ4n) is 3.71. The molecule has 1 aliphatic rings. The lowest BCUT2D eigenvalue weighted by Crippen LogP contribution is -2.40. The van der Waals surface area contributed by atoms with Gasteiger partial charge in [0.2, 0.25) is 0 Å². The van der Waals surface area contributed by atoms with Gasteiger partial charge in [0.15, 0.2) is 11.8 Å². The van der Waals surface area contributed by atoms with Crippen LogP contribution in [0.4, 0.5) is 0 Å². The molecule has 0 spiro atoms. The Balaban J connectivity index is 0.00000363. The second kappa shape index (κ2) is 12.8. The molecular weight excluding hydrogens is 523 g/mol. The summed E-state index contributed by atoms with van der Waals surface area (Å²) in [7, 11) is 7.05. The van der Waals surface area contributed by atoms with E-state index < -0.39 is 0 Å². The van der Waals surface area contributed by atoms with Gasteiger partial charge in [0.05, 0.1) is 14.2 Å². The van der Waals surface area contributed by atoms with Crippen molar-refractivity contribution in [1.29, 1.82) is 0 Å². The molecule has 0 saturated carbocycles. The summed E-state index contributed by atoms with van der Waals surface area (Å²) in [5, 5.41) is 11.9. The minimum absolute atomic E-state index is 0. The number of rotatable bonds is 9. The quantitative estimate of drug-likeness (QED) is 0.219. The van der Waals surface area contributed by atoms with Crippen LogP contribution in [0.1, 0.15) is 36.0 Å². The molecule has 1 saturated heterocycles. The Hall–Kier alpha value is -2.08. The van der Waals surface area contributed by atoms with Crippen LogP contribution in [0.2, 0.25) is 0 Å². The lowest BCUT2D eigenvalue weighted by Gasteiger charge is -2.22. The topological polar surface area (TPSA) is 86.0 Å². The number of aromatic nitrogens is 3. The van der Waals surface area contributed by atoms with Crippen molar-refractivity contribution in [3.05, 3.63) is 35.4 Å². The van der Waals surface area contributed by atoms with E-state index in [0.29, 0.717) is 12.5 Å². The summed E-state index contributed by atoms with van der Waals surface area (Å²) in [4.78, 5) is 7.17. The molecule has 1 atom stereocenters. The van der Waals surface area contributed by atoms with Crippen molar-refractivity contribution >= 4 is 29.9 Å². The van der Waals surface area contributed by atoms with Crippen molar-refractivity contribution in [2.24, 2.45) is 12.0 Å². The van der Waals surface area contributed by atoms with Gasteiger partial charge in [-0.25, -0.2) is 4.99 Å². The number of nitrogens with one attached hydrogen (secondary N) is 1. The molecule has 1 aliphatic heterocycles. The summed E-state index contributed by atoms with van der Waals surface area (Å²) < 4.78 is 18.1. The Bertz CT molecular complexity index is 866. The molecule has 3 rings (SSSR count). The summed E-state index contributed by atoms with van der Waals surface area (Å²) in [6.07, 6.45) is 1.96. The first-order valence-electron chi connectivity index (χ1n) is 10.7. The zero-order valence-corrected chi connectivity index (χ0v) is 22.0. The van der Waals surface area contributed by atoms with Crippen molar-refractivity contribution in [1.82, 2.24) is 25.0 Å². The third-order valence-corrected chi connectivity index (χ3v) is 5.69. The van der Waals surface area contributed by atoms with Gasteiger partial charge in [-0.2, -0.15) is 0 Å². The lowest BCUT2D eigenvalue weighted by atomic mass is 9.98. The first-order valence-corrected chi connectivity index (χ1v) is 10.7. The summed E-state index contributed by atoms with van der Waals surface area (Å²) >= 11 is 0. The number of likely N-dealkylation sites (tertiary alicyclic amines) is 1. The zero-order valence-electron chi connectivity index (χ0n) is 19.6. The molecule has 1 aromatic heterocycles. The minimum Gasteiger partial charge on any atom is -0.497 e. The highest BCUT2D eigenvalue weighted by Crippen LogP contribution is 2.33. The Kier molecular flexibility index (Phi) is 10.5. The Morgan fingerprint density at radius 3 is 2.47 bits per heavy atom. The average Bonchev–Trinajstić information content (AvgIpc) is 3.40. The molecule has 178 valence electrons. The van der Waals surface area contributed by atoms with Crippen LogP contribution in [-0.4, -0.2) is 73.2 Å².